The zero-order valence-corrected chi connectivity index (χ0v) is 21.3. The number of hydrogen-bond donors (Lipinski definition) is 1. The molecule has 0 spiro atoms. The normalized spacial score (nSPS) is 17.4. The van der Waals surface area contributed by atoms with Crippen LogP contribution in [0.3, 0.4) is 0 Å². The van der Waals surface area contributed by atoms with Gasteiger partial charge >= 0.3 is 0 Å². The van der Waals surface area contributed by atoms with Gasteiger partial charge in [0, 0.05) is 18.3 Å². The van der Waals surface area contributed by atoms with Crippen LogP contribution >= 0.6 is 0 Å². The summed E-state index contributed by atoms with van der Waals surface area (Å²) in [6.07, 6.45) is 1.38. The number of carbonyl (C=O) groups excluding carboxylic acids is 2. The number of nitrogens with zero attached hydrogens (tertiary/aromatic N) is 1. The molecule has 38 heavy (non-hydrogen) atoms. The zero-order chi connectivity index (χ0) is 26.7. The van der Waals surface area contributed by atoms with Crippen LogP contribution in [0.2, 0.25) is 0 Å². The van der Waals surface area contributed by atoms with Gasteiger partial charge in [-0.15, -0.1) is 0 Å². The Labute approximate surface area is 220 Å². The highest BCUT2D eigenvalue weighted by Gasteiger charge is 2.50. The molecule has 0 saturated carbocycles. The molecule has 1 aliphatic rings. The van der Waals surface area contributed by atoms with E-state index in [-0.39, 0.29) is 10.8 Å². The molecule has 1 atom stereocenters. The van der Waals surface area contributed by atoms with E-state index in [9.17, 15) is 18.0 Å². The lowest BCUT2D eigenvalue weighted by molar-refractivity contribution is -0.115. The summed E-state index contributed by atoms with van der Waals surface area (Å²) in [7, 11) is -4.12. The van der Waals surface area contributed by atoms with Crippen LogP contribution in [0.1, 0.15) is 23.4 Å². The van der Waals surface area contributed by atoms with Gasteiger partial charge in [-0.3, -0.25) is 14.5 Å². The van der Waals surface area contributed by atoms with Crippen molar-refractivity contribution in [1.29, 1.82) is 0 Å². The van der Waals surface area contributed by atoms with Crippen LogP contribution in [-0.4, -0.2) is 20.2 Å². The molecule has 7 nitrogen and oxygen atoms in total. The molecular weight excluding hydrogens is 500 g/mol. The number of sulfone groups is 1. The van der Waals surface area contributed by atoms with E-state index in [0.29, 0.717) is 34.0 Å². The fourth-order valence-corrected chi connectivity index (χ4v) is 6.22. The van der Waals surface area contributed by atoms with E-state index in [1.54, 1.807) is 78.9 Å². The van der Waals surface area contributed by atoms with Gasteiger partial charge in [-0.25, -0.2) is 8.42 Å². The second kappa shape index (κ2) is 10.4. The summed E-state index contributed by atoms with van der Waals surface area (Å²) >= 11 is 0. The summed E-state index contributed by atoms with van der Waals surface area (Å²) in [4.78, 5) is 26.3. The smallest absolute Gasteiger partial charge is 0.271 e. The van der Waals surface area contributed by atoms with Crippen LogP contribution in [0.5, 0.6) is 11.5 Å². The largest absolute Gasteiger partial charge is 0.457 e. The molecule has 0 bridgehead atoms. The predicted octanol–water partition coefficient (Wildman–Crippen LogP) is 5.94. The summed E-state index contributed by atoms with van der Waals surface area (Å²) in [5.41, 5.74) is 1.76. The van der Waals surface area contributed by atoms with Gasteiger partial charge in [0.1, 0.15) is 16.4 Å². The van der Waals surface area contributed by atoms with Crippen molar-refractivity contribution in [3.05, 3.63) is 125 Å². The number of amides is 2. The van der Waals surface area contributed by atoms with Gasteiger partial charge in [-0.05, 0) is 59.7 Å². The third-order valence-electron chi connectivity index (χ3n) is 5.93. The molecule has 0 aliphatic carbocycles. The van der Waals surface area contributed by atoms with Crippen LogP contribution in [0, 0.1) is 0 Å². The average molecular weight is 525 g/mol. The van der Waals surface area contributed by atoms with Crippen molar-refractivity contribution in [3.8, 4) is 11.5 Å². The molecule has 2 amide bonds. The molecule has 8 heteroatoms. The standard InChI is InChI=1S/C30H24N2O5S/c1-21(33)31-24-13-9-14-25(20-24)32-29(34)28(38(35,36)30(32)23-11-4-2-5-12-23)19-22-10-8-17-27(18-22)37-26-15-6-3-7-16-26/h2-20,30H,1H3,(H,31,33)/b28-19+. The molecule has 1 saturated heterocycles. The molecule has 0 radical (unpaired) electrons. The molecule has 1 N–H and O–H groups in total. The minimum Gasteiger partial charge on any atom is -0.457 e. The summed E-state index contributed by atoms with van der Waals surface area (Å²) in [5, 5.41) is 1.42. The van der Waals surface area contributed by atoms with E-state index in [0.717, 1.165) is 0 Å². The van der Waals surface area contributed by atoms with E-state index in [2.05, 4.69) is 5.32 Å². The highest BCUT2D eigenvalue weighted by atomic mass is 32.2. The Balaban J connectivity index is 1.58. The Morgan fingerprint density at radius 2 is 1.50 bits per heavy atom. The Bertz CT molecular complexity index is 1630. The quantitative estimate of drug-likeness (QED) is 0.315. The fraction of sp³-hybridized carbons (Fsp3) is 0.0667. The van der Waals surface area contributed by atoms with Crippen molar-refractivity contribution in [3.63, 3.8) is 0 Å². The summed E-state index contributed by atoms with van der Waals surface area (Å²) < 4.78 is 33.7. The van der Waals surface area contributed by atoms with Crippen molar-refractivity contribution in [2.45, 2.75) is 12.3 Å². The van der Waals surface area contributed by atoms with Crippen LogP contribution in [0.15, 0.2) is 114 Å². The number of nitrogens with one attached hydrogen (secondary N) is 1. The third kappa shape index (κ3) is 5.07. The second-order valence-corrected chi connectivity index (χ2v) is 10.7. The topological polar surface area (TPSA) is 92.8 Å². The highest BCUT2D eigenvalue weighted by Crippen LogP contribution is 2.44. The Hall–Kier alpha value is -4.69. The number of ether oxygens (including phenoxy) is 1. The van der Waals surface area contributed by atoms with E-state index >= 15 is 0 Å². The maximum absolute atomic E-state index is 13.9. The molecule has 1 heterocycles. The highest BCUT2D eigenvalue weighted by molar-refractivity contribution is 7.97. The van der Waals surface area contributed by atoms with Gasteiger partial charge in [0.15, 0.2) is 5.37 Å². The van der Waals surface area contributed by atoms with Gasteiger partial charge < -0.3 is 10.1 Å². The summed E-state index contributed by atoms with van der Waals surface area (Å²) in [6, 6.07) is 31.3. The lowest BCUT2D eigenvalue weighted by Crippen LogP contribution is -2.29. The number of rotatable bonds is 6. The second-order valence-electron chi connectivity index (χ2n) is 8.71. The third-order valence-corrected chi connectivity index (χ3v) is 7.91. The molecule has 1 fully saturated rings. The molecule has 1 unspecified atom stereocenters. The summed E-state index contributed by atoms with van der Waals surface area (Å²) in [6.45, 7) is 1.38. The fourth-order valence-electron chi connectivity index (χ4n) is 4.33. The Kier molecular flexibility index (Phi) is 6.81. The zero-order valence-electron chi connectivity index (χ0n) is 20.4. The van der Waals surface area contributed by atoms with E-state index in [1.807, 2.05) is 30.3 Å². The number of para-hydroxylation sites is 1. The molecule has 4 aromatic carbocycles. The SMILES string of the molecule is CC(=O)Nc1cccc(N2C(=O)/C(=C\c3cccc(Oc4ccccc4)c3)S(=O)(=O)C2c2ccccc2)c1. The lowest BCUT2D eigenvalue weighted by Gasteiger charge is -2.23. The first-order chi connectivity index (χ1) is 18.3. The lowest BCUT2D eigenvalue weighted by atomic mass is 10.1. The predicted molar refractivity (Wildman–Crippen MR) is 147 cm³/mol. The minimum absolute atomic E-state index is 0.277. The van der Waals surface area contributed by atoms with Crippen molar-refractivity contribution in [1.82, 2.24) is 0 Å². The molecule has 4 aromatic rings. The van der Waals surface area contributed by atoms with Crippen LogP contribution in [0.25, 0.3) is 6.08 Å². The van der Waals surface area contributed by atoms with Crippen LogP contribution < -0.4 is 15.0 Å². The molecule has 5 rings (SSSR count). The van der Waals surface area contributed by atoms with Crippen molar-refractivity contribution in [2.75, 3.05) is 10.2 Å². The molecule has 190 valence electrons. The first kappa shape index (κ1) is 25.0. The molecular formula is C30H24N2O5S. The van der Waals surface area contributed by atoms with Crippen molar-refractivity contribution < 1.29 is 22.7 Å². The molecule has 0 aromatic heterocycles. The minimum atomic E-state index is -4.12. The maximum Gasteiger partial charge on any atom is 0.271 e. The number of hydrogen-bond acceptors (Lipinski definition) is 5. The van der Waals surface area contributed by atoms with Gasteiger partial charge in [0.05, 0.1) is 0 Å². The maximum atomic E-state index is 13.9. The van der Waals surface area contributed by atoms with Crippen molar-refractivity contribution >= 4 is 39.1 Å². The van der Waals surface area contributed by atoms with Crippen LogP contribution in [-0.2, 0) is 19.4 Å². The van der Waals surface area contributed by atoms with E-state index < -0.39 is 21.1 Å². The van der Waals surface area contributed by atoms with Gasteiger partial charge in [0.25, 0.3) is 5.91 Å². The number of benzene rings is 4. The molecule has 1 aliphatic heterocycles. The first-order valence-corrected chi connectivity index (χ1v) is 13.4. The Morgan fingerprint density at radius 1 is 0.842 bits per heavy atom. The number of carbonyl (C=O) groups is 2. The summed E-state index contributed by atoms with van der Waals surface area (Å²) in [5.74, 6) is 0.206. The van der Waals surface area contributed by atoms with E-state index in [4.69, 9.17) is 4.74 Å². The number of anilines is 2. The van der Waals surface area contributed by atoms with Gasteiger partial charge in [-0.2, -0.15) is 0 Å². The first-order valence-electron chi connectivity index (χ1n) is 11.9. The Morgan fingerprint density at radius 3 is 2.21 bits per heavy atom. The monoisotopic (exact) mass is 524 g/mol. The van der Waals surface area contributed by atoms with E-state index in [1.165, 1.54) is 17.9 Å². The van der Waals surface area contributed by atoms with Crippen LogP contribution in [0.4, 0.5) is 11.4 Å². The average Bonchev–Trinajstić information content (AvgIpc) is 3.10. The van der Waals surface area contributed by atoms with Crippen molar-refractivity contribution in [2.24, 2.45) is 0 Å². The van der Waals surface area contributed by atoms with Gasteiger partial charge in [0.2, 0.25) is 15.7 Å². The van der Waals surface area contributed by atoms with Gasteiger partial charge in [-0.1, -0.05) is 66.7 Å².